The smallest absolute Gasteiger partial charge is 0.326 e. The number of phenols is 2. The molecule has 0 spiro atoms. The van der Waals surface area contributed by atoms with Crippen LogP contribution in [0, 0.1) is 10.8 Å². The van der Waals surface area contributed by atoms with E-state index in [4.69, 9.17) is 22.3 Å². The van der Waals surface area contributed by atoms with Gasteiger partial charge in [0, 0.05) is 124 Å². The number of H-pyrrole nitrogens is 2. The van der Waals surface area contributed by atoms with Gasteiger partial charge in [-0.25, -0.2) is 19.6 Å². The van der Waals surface area contributed by atoms with Crippen LogP contribution in [0.5, 0.6) is 11.5 Å². The number of likely N-dealkylation sites (N-methyl/N-ethyl adjacent to an activating group) is 2. The molecule has 0 unspecified atom stereocenters. The molecule has 4 aromatic carbocycles. The molecule has 46 nitrogen and oxygen atoms in total. The summed E-state index contributed by atoms with van der Waals surface area (Å²) in [5, 5.41) is 94.7. The Bertz CT molecular complexity index is 5050. The van der Waals surface area contributed by atoms with Gasteiger partial charge in [-0.15, -0.1) is 0 Å². The van der Waals surface area contributed by atoms with Gasteiger partial charge in [0.1, 0.15) is 96.1 Å². The number of aromatic nitrogens is 4. The molecule has 50 heteroatoms. The highest BCUT2D eigenvalue weighted by atomic mass is 33.1. The normalized spacial score (nSPS) is 21.5. The quantitative estimate of drug-likeness (QED) is 0.00788. The zero-order valence-corrected chi connectivity index (χ0v) is 81.4. The molecule has 5 saturated heterocycles. The molecule has 0 radical (unpaired) electrons. The lowest BCUT2D eigenvalue weighted by molar-refractivity contribution is -0.145. The molecule has 0 aliphatic carbocycles. The molecule has 764 valence electrons. The minimum absolute atomic E-state index is 0.0568. The number of aromatic hydroxyl groups is 2. The van der Waals surface area contributed by atoms with E-state index in [1.54, 1.807) is 60.7 Å². The Balaban J connectivity index is 1.01. The summed E-state index contributed by atoms with van der Waals surface area (Å²) in [7, 11) is 6.98. The van der Waals surface area contributed by atoms with Gasteiger partial charge in [0.2, 0.25) is 82.7 Å². The molecule has 26 N–H and O–H groups in total. The molecule has 4 bridgehead atoms. The second-order valence-corrected chi connectivity index (χ2v) is 40.4. The number of aromatic amines is 2. The van der Waals surface area contributed by atoms with Crippen LogP contribution in [0.15, 0.2) is 134 Å². The number of likely N-dealkylation sites (tertiary alicyclic amines) is 4. The SMILES string of the molecule is CNCC(=O)N[C@@H](CCCNC(=N)N)C(=O)N1C[C@@H]2C[C@H]1C(=O)N[C@@H](Cc1ccc(O)cc1)C(=O)N[C@H](C(=O)N[C@@H](Cc1cnc[nH]1)C(=O)N1CCC[C@H]1C(=O)N[C@@H](Cc1ccccc1)C(=O)O)CSSC[C@H](C(=O)N[C@H](Cc1cnc[nH]1)C(=O)N1CCC[C@@H]1C(=O)N[C@H](Cc1ccccc1)C(=O)O)NC(=O)[C@@H](Cc1ccc(O)cc1)NC(=O)[C@H]1C[C@H](CN1C(=O)[C@@H](CCCNC(=N)N)NC(=O)CNC)SS2. The van der Waals surface area contributed by atoms with E-state index in [-0.39, 0.29) is 177 Å². The first kappa shape index (κ1) is 109. The Morgan fingerprint density at radius 1 is 0.451 bits per heavy atom. The van der Waals surface area contributed by atoms with Gasteiger partial charge in [-0.3, -0.25) is 77.9 Å². The molecule has 14 amide bonds. The van der Waals surface area contributed by atoms with Crippen LogP contribution in [0.3, 0.4) is 0 Å². The van der Waals surface area contributed by atoms with E-state index in [1.807, 2.05) is 0 Å². The Morgan fingerprint density at radius 2 is 0.817 bits per heavy atom. The summed E-state index contributed by atoms with van der Waals surface area (Å²) in [6, 6.07) is 6.64. The number of carbonyl (C=O) groups is 16. The molecule has 142 heavy (non-hydrogen) atoms. The van der Waals surface area contributed by atoms with E-state index in [1.165, 1.54) is 129 Å². The highest BCUT2D eigenvalue weighted by Crippen LogP contribution is 2.43. The van der Waals surface area contributed by atoms with Crippen molar-refractivity contribution in [2.45, 2.75) is 198 Å². The first-order chi connectivity index (χ1) is 68.2. The van der Waals surface area contributed by atoms with E-state index in [2.05, 4.69) is 94.4 Å². The third kappa shape index (κ3) is 32.2. The van der Waals surface area contributed by atoms with Crippen LogP contribution in [0.2, 0.25) is 0 Å². The van der Waals surface area contributed by atoms with Gasteiger partial charge in [-0.1, -0.05) is 128 Å². The van der Waals surface area contributed by atoms with Crippen LogP contribution in [-0.4, -0.2) is 340 Å². The monoisotopic (exact) mass is 2040 g/mol. The van der Waals surface area contributed by atoms with Crippen LogP contribution in [0.4, 0.5) is 0 Å². The van der Waals surface area contributed by atoms with Crippen molar-refractivity contribution in [3.05, 3.63) is 168 Å². The largest absolute Gasteiger partial charge is 0.508 e. The second-order valence-electron chi connectivity index (χ2n) is 35.0. The van der Waals surface area contributed by atoms with Crippen LogP contribution >= 0.6 is 43.2 Å². The maximum atomic E-state index is 16.0. The van der Waals surface area contributed by atoms with Crippen molar-refractivity contribution in [2.24, 2.45) is 11.5 Å². The van der Waals surface area contributed by atoms with Gasteiger partial charge in [0.05, 0.1) is 25.7 Å². The number of phenolic OH excluding ortho intramolecular Hbond substituents is 2. The summed E-state index contributed by atoms with van der Waals surface area (Å²) in [5.41, 5.74) is 13.7. The van der Waals surface area contributed by atoms with Gasteiger partial charge < -0.3 is 136 Å². The molecular weight excluding hydrogens is 1920 g/mol. The number of guanidine groups is 2. The van der Waals surface area contributed by atoms with Crippen molar-refractivity contribution < 1.29 is 97.1 Å². The highest BCUT2D eigenvalue weighted by Gasteiger charge is 2.49. The fraction of sp³-hybridized carbons (Fsp3) is 0.478. The number of nitrogens with one attached hydrogen (secondary N) is 18. The molecule has 0 saturated carbocycles. The van der Waals surface area contributed by atoms with Crippen LogP contribution < -0.4 is 85.9 Å². The number of rotatable bonds is 40. The van der Waals surface area contributed by atoms with Gasteiger partial charge >= 0.3 is 11.9 Å². The standard InChI is InChI=1S/C92H122N26O20S4/c1-97-43-75(121)105-61(17-9-29-101-91(93)94)85(131)117-45-59-39-73(117)83(129)107-63(33-53-21-25-57(119)26-22-53)77(123)113-69(79(125)109-65(37-55-41-99-49-103-55)87(133)115-31-11-19-71(115)81(127)111-67(89(135)136)35-51-13-5-3-6-14-51)47-139-140-48-70(80(126)110-66(38-56-42-100-50-104-56)88(134)116-32-12-20-72(116)82(128)112-68(90(137)138)36-52-15-7-4-8-16-52)114-78(124)64(34-54-23-27-58(120)28-24-54)108-84(130)74-40-60(142-141-59)46-118(74)86(132)62(106-76(122)44-98-2)18-10-30-102-92(95)96/h3-8,13-16,21-28,41-42,49-50,59-74,97-98,119-120H,9-12,17-20,29-40,43-48H2,1-2H3,(H,99,103)(H,100,104)(H,105,121)(H,106,122)(H,107,129)(H,108,130)(H,109,125)(H,110,126)(H,111,127)(H,112,128)(H,113,123)(H,114,124)(H,135,136)(H,137,138)(H4,93,94,101)(H4,95,96,102)/t59-,60+,61-,62+,63-,64+,65-,66+,67-,68+,69-,70+,71-,72+,73-,74+. The lowest BCUT2D eigenvalue weighted by Gasteiger charge is -2.31. The first-order valence-corrected chi connectivity index (χ1v) is 51.2. The minimum Gasteiger partial charge on any atom is -0.508 e. The number of fused-ring (bicyclic) bond motifs is 4. The van der Waals surface area contributed by atoms with Crippen molar-refractivity contribution in [1.82, 2.24) is 114 Å². The van der Waals surface area contributed by atoms with Crippen molar-refractivity contribution in [3.63, 3.8) is 0 Å². The number of carboxylic acids is 2. The van der Waals surface area contributed by atoms with Gasteiger partial charge in [-0.05, 0) is 125 Å². The Labute approximate surface area is 833 Å². The maximum absolute atomic E-state index is 16.0. The number of carbonyl (C=O) groups excluding carboxylic acids is 14. The third-order valence-corrected chi connectivity index (χ3v) is 30.2. The topological polar surface area (TPSA) is 693 Å². The molecule has 5 aliphatic rings. The summed E-state index contributed by atoms with van der Waals surface area (Å²) in [6.07, 6.45) is 4.05. The first-order valence-electron chi connectivity index (χ1n) is 46.5. The number of nitrogens with two attached hydrogens (primary N) is 2. The van der Waals surface area contributed by atoms with Crippen LogP contribution in [0.1, 0.15) is 97.8 Å². The lowest BCUT2D eigenvalue weighted by atomic mass is 10.0. The number of carboxylic acid groups (broad SMARTS) is 2. The van der Waals surface area contributed by atoms with Gasteiger partial charge in [0.25, 0.3) is 0 Å². The van der Waals surface area contributed by atoms with E-state index in [9.17, 15) is 49.2 Å². The summed E-state index contributed by atoms with van der Waals surface area (Å²) < 4.78 is 0. The molecule has 5 fully saturated rings. The van der Waals surface area contributed by atoms with Crippen LogP contribution in [0.25, 0.3) is 0 Å². The molecular formula is C92H122N26O20S4. The van der Waals surface area contributed by atoms with Gasteiger partial charge in [-0.2, -0.15) is 0 Å². The number of hydrogen-bond donors (Lipinski definition) is 24. The van der Waals surface area contributed by atoms with E-state index in [0.29, 0.717) is 22.3 Å². The van der Waals surface area contributed by atoms with E-state index >= 15 is 47.9 Å². The van der Waals surface area contributed by atoms with E-state index in [0.717, 1.165) is 21.6 Å². The number of amides is 14. The summed E-state index contributed by atoms with van der Waals surface area (Å²) >= 11 is 0. The lowest BCUT2D eigenvalue weighted by Crippen LogP contribution is -2.61. The molecule has 6 aromatic rings. The van der Waals surface area contributed by atoms with Gasteiger partial charge in [0.15, 0.2) is 11.9 Å². The zero-order valence-electron chi connectivity index (χ0n) is 78.1. The fourth-order valence-electron chi connectivity index (χ4n) is 17.3. The number of imidazole rings is 2. The summed E-state index contributed by atoms with van der Waals surface area (Å²) in [4.78, 5) is 259. The van der Waals surface area contributed by atoms with Crippen molar-refractivity contribution >= 4 is 150 Å². The third-order valence-electron chi connectivity index (χ3n) is 24.4. The average Bonchev–Trinajstić information content (AvgIpc) is 1.65. The molecule has 16 atom stereocenters. The minimum atomic E-state index is -1.83. The number of hydrogen-bond acceptors (Lipinski definition) is 28. The Hall–Kier alpha value is -13.7. The highest BCUT2D eigenvalue weighted by molar-refractivity contribution is 8.77. The molecule has 5 aliphatic heterocycles. The predicted molar refractivity (Wildman–Crippen MR) is 527 cm³/mol. The predicted octanol–water partition coefficient (Wildman–Crippen LogP) is -3.02. The Morgan fingerprint density at radius 3 is 1.16 bits per heavy atom. The van der Waals surface area contributed by atoms with Crippen molar-refractivity contribution in [3.8, 4) is 11.5 Å². The number of nitrogens with zero attached hydrogens (tertiary/aromatic N) is 6. The molecule has 7 heterocycles. The number of aliphatic carboxylic acids is 2. The maximum Gasteiger partial charge on any atom is 0.326 e. The zero-order chi connectivity index (χ0) is 102. The van der Waals surface area contributed by atoms with E-state index < -0.39 is 214 Å². The molecule has 11 rings (SSSR count). The fourth-order valence-corrected chi connectivity index (χ4v) is 22.7. The average molecular weight is 2040 g/mol. The summed E-state index contributed by atoms with van der Waals surface area (Å²) in [6.45, 7) is -0.943. The molecule has 2 aromatic heterocycles. The second kappa shape index (κ2) is 53.8. The number of benzene rings is 4. The van der Waals surface area contributed by atoms with Crippen LogP contribution in [-0.2, 0) is 115 Å². The van der Waals surface area contributed by atoms with Crippen molar-refractivity contribution in [1.29, 1.82) is 10.8 Å². The van der Waals surface area contributed by atoms with Crippen molar-refractivity contribution in [2.75, 3.05) is 78.0 Å². The summed E-state index contributed by atoms with van der Waals surface area (Å²) in [5.74, 6) is -17.1. The Kier molecular flexibility index (Phi) is 41.2.